The second kappa shape index (κ2) is 7.96. The van der Waals surface area contributed by atoms with Gasteiger partial charge < -0.3 is 5.32 Å². The number of fused-ring (bicyclic) bond motifs is 4. The van der Waals surface area contributed by atoms with Crippen LogP contribution in [-0.2, 0) is 12.7 Å². The summed E-state index contributed by atoms with van der Waals surface area (Å²) in [4.78, 5) is 9.45. The fraction of sp³-hybridized carbons (Fsp3) is 0.714. The first-order valence-electron chi connectivity index (χ1n) is 7.28. The molecule has 0 aromatic carbocycles. The van der Waals surface area contributed by atoms with Crippen LogP contribution in [0.2, 0.25) is 0 Å². The summed E-state index contributed by atoms with van der Waals surface area (Å²) < 4.78 is 37.8. The fourth-order valence-electron chi connectivity index (χ4n) is 3.23. The van der Waals surface area contributed by atoms with Crippen LogP contribution in [0.15, 0.2) is 6.20 Å². The van der Waals surface area contributed by atoms with Crippen LogP contribution in [0.5, 0.6) is 0 Å². The number of nitrogens with one attached hydrogen (secondary N) is 1. The van der Waals surface area contributed by atoms with E-state index in [1.54, 1.807) is 6.92 Å². The Bertz CT molecular complexity index is 523. The molecule has 1 aromatic heterocycles. The Morgan fingerprint density at radius 3 is 2.65 bits per heavy atom. The lowest BCUT2D eigenvalue weighted by atomic mass is 9.94. The van der Waals surface area contributed by atoms with Crippen molar-refractivity contribution >= 4 is 24.8 Å². The van der Waals surface area contributed by atoms with Gasteiger partial charge in [-0.15, -0.1) is 24.8 Å². The zero-order chi connectivity index (χ0) is 15.0. The molecule has 2 atom stereocenters. The smallest absolute Gasteiger partial charge is 0.315 e. The predicted octanol–water partition coefficient (Wildman–Crippen LogP) is 2.83. The molecule has 0 aliphatic carbocycles. The Balaban J connectivity index is 0.00000132. The number of halogens is 5. The minimum atomic E-state index is -4.48. The van der Waals surface area contributed by atoms with Gasteiger partial charge in [-0.05, 0) is 32.2 Å². The normalized spacial score (nSPS) is 24.5. The van der Waals surface area contributed by atoms with Gasteiger partial charge in [-0.25, -0.2) is 9.97 Å². The first-order chi connectivity index (χ1) is 9.93. The van der Waals surface area contributed by atoms with Crippen molar-refractivity contribution in [1.82, 2.24) is 20.2 Å². The van der Waals surface area contributed by atoms with Gasteiger partial charge in [0.25, 0.3) is 0 Å². The molecular weight excluding hydrogens is 352 g/mol. The average molecular weight is 373 g/mol. The topological polar surface area (TPSA) is 41.1 Å². The van der Waals surface area contributed by atoms with E-state index in [9.17, 15) is 13.2 Å². The molecule has 3 aliphatic heterocycles. The van der Waals surface area contributed by atoms with E-state index in [1.807, 2.05) is 0 Å². The monoisotopic (exact) mass is 372 g/mol. The van der Waals surface area contributed by atoms with Crippen LogP contribution >= 0.6 is 24.8 Å². The summed E-state index contributed by atoms with van der Waals surface area (Å²) in [6.07, 6.45) is -0.763. The molecule has 4 nitrogen and oxygen atoms in total. The quantitative estimate of drug-likeness (QED) is 0.866. The van der Waals surface area contributed by atoms with E-state index in [0.29, 0.717) is 24.2 Å². The van der Waals surface area contributed by atoms with Crippen LogP contribution in [0.25, 0.3) is 0 Å². The minimum absolute atomic E-state index is 0. The lowest BCUT2D eigenvalue weighted by molar-refractivity contribution is -0.145. The van der Waals surface area contributed by atoms with Gasteiger partial charge in [0.2, 0.25) is 5.82 Å². The molecule has 0 unspecified atom stereocenters. The number of aromatic nitrogens is 2. The van der Waals surface area contributed by atoms with E-state index in [0.717, 1.165) is 31.6 Å². The number of alkyl halides is 3. The van der Waals surface area contributed by atoms with Gasteiger partial charge in [-0.3, -0.25) is 4.90 Å². The number of hydrogen-bond acceptors (Lipinski definition) is 4. The second-order valence-electron chi connectivity index (χ2n) is 5.99. The van der Waals surface area contributed by atoms with E-state index in [-0.39, 0.29) is 24.8 Å². The van der Waals surface area contributed by atoms with Crippen LogP contribution in [0.4, 0.5) is 13.2 Å². The molecule has 9 heteroatoms. The lowest BCUT2D eigenvalue weighted by Gasteiger charge is -2.36. The van der Waals surface area contributed by atoms with Crippen molar-refractivity contribution < 1.29 is 13.2 Å². The van der Waals surface area contributed by atoms with E-state index in [4.69, 9.17) is 0 Å². The maximum absolute atomic E-state index is 12.6. The van der Waals surface area contributed by atoms with E-state index >= 15 is 0 Å². The SMILES string of the molecule is Cc1nc(C(F)(F)F)ncc1CN1C[C@@H]2CC[C@H]1CNC2.Cl.Cl. The van der Waals surface area contributed by atoms with Crippen molar-refractivity contribution in [1.29, 1.82) is 0 Å². The van der Waals surface area contributed by atoms with E-state index in [1.165, 1.54) is 12.6 Å². The molecule has 0 spiro atoms. The van der Waals surface area contributed by atoms with Gasteiger partial charge in [0.1, 0.15) is 0 Å². The van der Waals surface area contributed by atoms with Gasteiger partial charge in [-0.2, -0.15) is 13.2 Å². The van der Waals surface area contributed by atoms with Crippen LogP contribution < -0.4 is 5.32 Å². The molecule has 3 saturated heterocycles. The molecule has 1 aromatic rings. The first kappa shape index (κ1) is 20.4. The van der Waals surface area contributed by atoms with Crippen molar-refractivity contribution in [3.05, 3.63) is 23.3 Å². The summed E-state index contributed by atoms with van der Waals surface area (Å²) in [7, 11) is 0. The van der Waals surface area contributed by atoms with Crippen LogP contribution in [0.3, 0.4) is 0 Å². The molecule has 23 heavy (non-hydrogen) atoms. The van der Waals surface area contributed by atoms with Crippen molar-refractivity contribution in [3.8, 4) is 0 Å². The third-order valence-electron chi connectivity index (χ3n) is 4.44. The lowest BCUT2D eigenvalue weighted by Crippen LogP contribution is -2.43. The number of hydrogen-bond donors (Lipinski definition) is 1. The number of nitrogens with zero attached hydrogens (tertiary/aromatic N) is 3. The number of rotatable bonds is 2. The summed E-state index contributed by atoms with van der Waals surface area (Å²) in [6.45, 7) is 5.25. The van der Waals surface area contributed by atoms with Gasteiger partial charge >= 0.3 is 6.18 Å². The molecule has 3 aliphatic rings. The number of aryl methyl sites for hydroxylation is 1. The number of piperidine rings is 1. The predicted molar refractivity (Wildman–Crippen MR) is 86.1 cm³/mol. The molecule has 4 heterocycles. The second-order valence-corrected chi connectivity index (χ2v) is 5.99. The van der Waals surface area contributed by atoms with E-state index in [2.05, 4.69) is 20.2 Å². The molecular formula is C14H21Cl2F3N4. The highest BCUT2D eigenvalue weighted by Crippen LogP contribution is 2.28. The highest BCUT2D eigenvalue weighted by molar-refractivity contribution is 5.85. The van der Waals surface area contributed by atoms with Gasteiger partial charge in [0, 0.05) is 43.1 Å². The molecule has 2 bridgehead atoms. The Morgan fingerprint density at radius 1 is 1.26 bits per heavy atom. The first-order valence-corrected chi connectivity index (χ1v) is 7.28. The maximum atomic E-state index is 12.6. The van der Waals surface area contributed by atoms with Gasteiger partial charge in [0.15, 0.2) is 0 Å². The standard InChI is InChI=1S/C14H19F3N4.2ClH/c1-9-11(5-19-13(20-9)14(15,16)17)8-21-7-10-2-3-12(21)6-18-4-10;;/h5,10,12,18H,2-4,6-8H2,1H3;2*1H/t10-,12+;;/m1../s1. The van der Waals surface area contributed by atoms with Crippen molar-refractivity contribution in [2.24, 2.45) is 5.92 Å². The summed E-state index contributed by atoms with van der Waals surface area (Å²) in [6, 6.07) is 0.463. The Hall–Kier alpha value is -0.630. The van der Waals surface area contributed by atoms with E-state index < -0.39 is 12.0 Å². The molecule has 0 saturated carbocycles. The summed E-state index contributed by atoms with van der Waals surface area (Å²) in [5, 5.41) is 3.45. The third-order valence-corrected chi connectivity index (χ3v) is 4.44. The Kier molecular flexibility index (Phi) is 7.07. The minimum Gasteiger partial charge on any atom is -0.315 e. The van der Waals surface area contributed by atoms with Crippen molar-refractivity contribution in [2.75, 3.05) is 19.6 Å². The van der Waals surface area contributed by atoms with Crippen LogP contribution in [-0.4, -0.2) is 40.5 Å². The largest absolute Gasteiger partial charge is 0.451 e. The molecule has 132 valence electrons. The molecule has 4 rings (SSSR count). The van der Waals surface area contributed by atoms with Gasteiger partial charge in [-0.1, -0.05) is 0 Å². The highest BCUT2D eigenvalue weighted by Gasteiger charge is 2.35. The van der Waals surface area contributed by atoms with Crippen LogP contribution in [0, 0.1) is 12.8 Å². The fourth-order valence-corrected chi connectivity index (χ4v) is 3.23. The van der Waals surface area contributed by atoms with Crippen LogP contribution in [0.1, 0.15) is 29.9 Å². The Labute approximate surface area is 146 Å². The van der Waals surface area contributed by atoms with Crippen molar-refractivity contribution in [2.45, 2.75) is 38.5 Å². The molecule has 0 radical (unpaired) electrons. The molecule has 3 fully saturated rings. The summed E-state index contributed by atoms with van der Waals surface area (Å²) >= 11 is 0. The van der Waals surface area contributed by atoms with Crippen molar-refractivity contribution in [3.63, 3.8) is 0 Å². The maximum Gasteiger partial charge on any atom is 0.451 e. The summed E-state index contributed by atoms with van der Waals surface area (Å²) in [5.41, 5.74) is 1.21. The van der Waals surface area contributed by atoms with Gasteiger partial charge in [0.05, 0.1) is 0 Å². The highest BCUT2D eigenvalue weighted by atomic mass is 35.5. The third kappa shape index (κ3) is 4.68. The zero-order valence-electron chi connectivity index (χ0n) is 12.8. The summed E-state index contributed by atoms with van der Waals surface area (Å²) in [5.74, 6) is -0.415. The molecule has 1 N–H and O–H groups in total. The Morgan fingerprint density at radius 2 is 2.00 bits per heavy atom. The average Bonchev–Trinajstić information content (AvgIpc) is 2.75. The molecule has 0 amide bonds. The zero-order valence-corrected chi connectivity index (χ0v) is 14.4.